The molecule has 0 amide bonds. The Labute approximate surface area is 165 Å². The molecular formula is C25H23NO2. The van der Waals surface area contributed by atoms with E-state index >= 15 is 0 Å². The van der Waals surface area contributed by atoms with Crippen LogP contribution in [0.3, 0.4) is 0 Å². The second kappa shape index (κ2) is 7.73. The molecule has 140 valence electrons. The molecule has 0 spiro atoms. The molecule has 3 nitrogen and oxygen atoms in total. The Bertz CT molecular complexity index is 1110. The Balaban J connectivity index is 2.15. The molecule has 1 aromatic heterocycles. The molecular weight excluding hydrogens is 346 g/mol. The van der Waals surface area contributed by atoms with Crippen LogP contribution < -0.4 is 4.74 Å². The monoisotopic (exact) mass is 369 g/mol. The molecule has 4 rings (SSSR count). The molecule has 0 aliphatic carbocycles. The molecule has 0 radical (unpaired) electrons. The maximum atomic E-state index is 13.2. The van der Waals surface area contributed by atoms with Crippen molar-refractivity contribution in [3.05, 3.63) is 78.9 Å². The fourth-order valence-corrected chi connectivity index (χ4v) is 3.75. The van der Waals surface area contributed by atoms with Crippen LogP contribution in [-0.2, 0) is 0 Å². The van der Waals surface area contributed by atoms with E-state index in [0.717, 1.165) is 45.5 Å². The zero-order valence-electron chi connectivity index (χ0n) is 16.2. The summed E-state index contributed by atoms with van der Waals surface area (Å²) in [6.07, 6.45) is 1.30. The molecule has 0 N–H and O–H groups in total. The number of ether oxygens (including phenoxy) is 1. The van der Waals surface area contributed by atoms with Gasteiger partial charge < -0.3 is 4.74 Å². The number of hydrogen-bond donors (Lipinski definition) is 0. The van der Waals surface area contributed by atoms with Gasteiger partial charge in [-0.05, 0) is 29.7 Å². The van der Waals surface area contributed by atoms with Crippen LogP contribution in [0.25, 0.3) is 33.3 Å². The number of carbonyl (C=O) groups is 1. The Hall–Kier alpha value is -3.33. The summed E-state index contributed by atoms with van der Waals surface area (Å²) < 4.78 is 7.33. The highest BCUT2D eigenvalue weighted by molar-refractivity contribution is 6.10. The lowest BCUT2D eigenvalue weighted by molar-refractivity contribution is 0.0909. The van der Waals surface area contributed by atoms with E-state index in [0.29, 0.717) is 6.42 Å². The zero-order chi connectivity index (χ0) is 19.5. The van der Waals surface area contributed by atoms with Gasteiger partial charge >= 0.3 is 0 Å². The Kier molecular flexibility index (Phi) is 4.98. The van der Waals surface area contributed by atoms with Gasteiger partial charge in [0.05, 0.1) is 18.3 Å². The molecule has 0 aliphatic rings. The van der Waals surface area contributed by atoms with Gasteiger partial charge in [-0.1, -0.05) is 67.6 Å². The van der Waals surface area contributed by atoms with Gasteiger partial charge in [-0.25, -0.2) is 0 Å². The van der Waals surface area contributed by atoms with E-state index in [-0.39, 0.29) is 5.91 Å². The Morgan fingerprint density at radius 1 is 0.893 bits per heavy atom. The normalized spacial score (nSPS) is 10.9. The average Bonchev–Trinajstić information content (AvgIpc) is 3.09. The number of carbonyl (C=O) groups excluding carboxylic acids is 1. The van der Waals surface area contributed by atoms with Gasteiger partial charge in [0.15, 0.2) is 0 Å². The van der Waals surface area contributed by atoms with Crippen LogP contribution in [0.15, 0.2) is 78.9 Å². The van der Waals surface area contributed by atoms with Crippen LogP contribution in [0.2, 0.25) is 0 Å². The van der Waals surface area contributed by atoms with Gasteiger partial charge in [0.2, 0.25) is 5.91 Å². The lowest BCUT2D eigenvalue weighted by atomic mass is 9.98. The summed E-state index contributed by atoms with van der Waals surface area (Å²) in [5.74, 6) is 0.844. The third-order valence-electron chi connectivity index (χ3n) is 5.00. The van der Waals surface area contributed by atoms with Crippen LogP contribution >= 0.6 is 0 Å². The van der Waals surface area contributed by atoms with Crippen LogP contribution in [-0.4, -0.2) is 17.6 Å². The lowest BCUT2D eigenvalue weighted by Gasteiger charge is -2.12. The molecule has 28 heavy (non-hydrogen) atoms. The predicted molar refractivity (Wildman–Crippen MR) is 115 cm³/mol. The number of methoxy groups -OCH3 is 1. The summed E-state index contributed by atoms with van der Waals surface area (Å²) in [6.45, 7) is 2.03. The van der Waals surface area contributed by atoms with Crippen molar-refractivity contribution < 1.29 is 9.53 Å². The lowest BCUT2D eigenvalue weighted by Crippen LogP contribution is -2.11. The van der Waals surface area contributed by atoms with E-state index in [4.69, 9.17) is 4.74 Å². The average molecular weight is 369 g/mol. The number of nitrogens with zero attached hydrogens (tertiary/aromatic N) is 1. The third kappa shape index (κ3) is 3.09. The molecule has 0 unspecified atom stereocenters. The largest absolute Gasteiger partial charge is 0.497 e. The van der Waals surface area contributed by atoms with Crippen LogP contribution in [0, 0.1) is 0 Å². The van der Waals surface area contributed by atoms with Crippen molar-refractivity contribution in [2.45, 2.75) is 19.8 Å². The molecule has 4 aromatic rings. The zero-order valence-corrected chi connectivity index (χ0v) is 16.2. The fraction of sp³-hybridized carbons (Fsp3) is 0.160. The summed E-state index contributed by atoms with van der Waals surface area (Å²) >= 11 is 0. The maximum Gasteiger partial charge on any atom is 0.231 e. The van der Waals surface area contributed by atoms with E-state index in [1.165, 1.54) is 0 Å². The molecule has 0 aliphatic heterocycles. The predicted octanol–water partition coefficient (Wildman–Crippen LogP) is 6.42. The number of rotatable bonds is 5. The smallest absolute Gasteiger partial charge is 0.231 e. The minimum atomic E-state index is 0.0989. The second-order valence-corrected chi connectivity index (χ2v) is 6.82. The van der Waals surface area contributed by atoms with E-state index in [9.17, 15) is 4.79 Å². The SMILES string of the molecule is CCCC(=O)n1c(-c2ccccc2)c(-c2ccccc2)c2ccc(OC)cc21. The number of aromatic nitrogens is 1. The first-order valence-electron chi connectivity index (χ1n) is 9.61. The van der Waals surface area contributed by atoms with Gasteiger partial charge in [-0.15, -0.1) is 0 Å². The summed E-state index contributed by atoms with van der Waals surface area (Å²) in [5.41, 5.74) is 5.03. The van der Waals surface area contributed by atoms with E-state index in [2.05, 4.69) is 30.3 Å². The molecule has 0 saturated heterocycles. The highest BCUT2D eigenvalue weighted by Crippen LogP contribution is 2.42. The highest BCUT2D eigenvalue weighted by Gasteiger charge is 2.23. The summed E-state index contributed by atoms with van der Waals surface area (Å²) in [6, 6.07) is 26.4. The molecule has 1 heterocycles. The van der Waals surface area contributed by atoms with Crippen molar-refractivity contribution in [3.8, 4) is 28.1 Å². The molecule has 3 aromatic carbocycles. The van der Waals surface area contributed by atoms with Crippen LogP contribution in [0.4, 0.5) is 0 Å². The van der Waals surface area contributed by atoms with Gasteiger partial charge in [-0.3, -0.25) is 9.36 Å². The third-order valence-corrected chi connectivity index (χ3v) is 5.00. The van der Waals surface area contributed by atoms with E-state index in [1.54, 1.807) is 7.11 Å². The molecule has 0 bridgehead atoms. The van der Waals surface area contributed by atoms with Crippen molar-refractivity contribution >= 4 is 16.8 Å². The summed E-state index contributed by atoms with van der Waals surface area (Å²) in [7, 11) is 1.65. The fourth-order valence-electron chi connectivity index (χ4n) is 3.75. The minimum Gasteiger partial charge on any atom is -0.497 e. The quantitative estimate of drug-likeness (QED) is 0.406. The molecule has 3 heteroatoms. The van der Waals surface area contributed by atoms with Crippen molar-refractivity contribution in [3.63, 3.8) is 0 Å². The van der Waals surface area contributed by atoms with Crippen molar-refractivity contribution in [1.29, 1.82) is 0 Å². The topological polar surface area (TPSA) is 31.2 Å². The van der Waals surface area contributed by atoms with Crippen molar-refractivity contribution in [2.24, 2.45) is 0 Å². The van der Waals surface area contributed by atoms with Gasteiger partial charge in [-0.2, -0.15) is 0 Å². The van der Waals surface area contributed by atoms with Gasteiger partial charge in [0.25, 0.3) is 0 Å². The first-order valence-corrected chi connectivity index (χ1v) is 9.61. The minimum absolute atomic E-state index is 0.0989. The molecule has 0 atom stereocenters. The first kappa shape index (κ1) is 18.1. The first-order chi connectivity index (χ1) is 13.7. The standard InChI is InChI=1S/C25H23NO2/c1-3-10-23(27)26-22-17-20(28-2)15-16-21(22)24(18-11-6-4-7-12-18)25(26)19-13-8-5-9-14-19/h4-9,11-17H,3,10H2,1-2H3. The van der Waals surface area contributed by atoms with Crippen LogP contribution in [0.1, 0.15) is 24.6 Å². The van der Waals surface area contributed by atoms with Gasteiger partial charge in [0.1, 0.15) is 5.75 Å². The second-order valence-electron chi connectivity index (χ2n) is 6.82. The van der Waals surface area contributed by atoms with Crippen molar-refractivity contribution in [1.82, 2.24) is 4.57 Å². The Morgan fingerprint density at radius 3 is 2.14 bits per heavy atom. The van der Waals surface area contributed by atoms with E-state index in [1.807, 2.05) is 60.0 Å². The summed E-state index contributed by atoms with van der Waals surface area (Å²) in [4.78, 5) is 13.2. The molecule has 0 fully saturated rings. The van der Waals surface area contributed by atoms with Crippen molar-refractivity contribution in [2.75, 3.05) is 7.11 Å². The van der Waals surface area contributed by atoms with Gasteiger partial charge in [0, 0.05) is 23.4 Å². The maximum absolute atomic E-state index is 13.2. The molecule has 0 saturated carbocycles. The van der Waals surface area contributed by atoms with Crippen LogP contribution in [0.5, 0.6) is 5.75 Å². The Morgan fingerprint density at radius 2 is 1.54 bits per heavy atom. The number of fused-ring (bicyclic) bond motifs is 1. The van der Waals surface area contributed by atoms with E-state index < -0.39 is 0 Å². The highest BCUT2D eigenvalue weighted by atomic mass is 16.5. The number of benzene rings is 3. The number of hydrogen-bond acceptors (Lipinski definition) is 2. The summed E-state index contributed by atoms with van der Waals surface area (Å²) in [5, 5.41) is 1.05.